The Morgan fingerprint density at radius 2 is 1.70 bits per heavy atom. The second kappa shape index (κ2) is 11.4. The maximum absolute atomic E-state index is 11.5. The molecule has 196 valence electrons. The number of alkyl halides is 2. The molecule has 0 radical (unpaired) electrons. The third-order valence-electron chi connectivity index (χ3n) is 5.47. The summed E-state index contributed by atoms with van der Waals surface area (Å²) in [7, 11) is -3.23. The summed E-state index contributed by atoms with van der Waals surface area (Å²) in [6.07, 6.45) is 2.65. The summed E-state index contributed by atoms with van der Waals surface area (Å²) in [6, 6.07) is 14.9. The molecule has 0 aliphatic rings. The second-order valence-electron chi connectivity index (χ2n) is 9.28. The molecule has 1 aromatic heterocycles. The Labute approximate surface area is 232 Å². The molecular weight excluding hydrogens is 557 g/mol. The number of nitriles is 1. The number of halogens is 3. The minimum absolute atomic E-state index is 0.0251. The van der Waals surface area contributed by atoms with Gasteiger partial charge in [-0.05, 0) is 48.4 Å². The monoisotopic (exact) mass is 581 g/mol. The van der Waals surface area contributed by atoms with Gasteiger partial charge in [0, 0.05) is 17.9 Å². The highest BCUT2D eigenvalue weighted by Crippen LogP contribution is 2.39. The molecule has 37 heavy (non-hydrogen) atoms. The van der Waals surface area contributed by atoms with Crippen molar-refractivity contribution in [3.8, 4) is 17.6 Å². The lowest BCUT2D eigenvalue weighted by Crippen LogP contribution is -2.21. The molecule has 0 bridgehead atoms. The molecule has 0 aliphatic heterocycles. The average Bonchev–Trinajstić information content (AvgIpc) is 2.80. The van der Waals surface area contributed by atoms with E-state index in [0.29, 0.717) is 16.5 Å². The molecule has 0 fully saturated rings. The molecule has 2 aromatic carbocycles. The number of nitrogens with zero attached hydrogens (tertiary/aromatic N) is 3. The predicted molar refractivity (Wildman–Crippen MR) is 145 cm³/mol. The van der Waals surface area contributed by atoms with Crippen molar-refractivity contribution >= 4 is 44.6 Å². The topological polar surface area (TPSA) is 102 Å². The van der Waals surface area contributed by atoms with E-state index >= 15 is 0 Å². The minimum Gasteiger partial charge on any atom is -0.488 e. The van der Waals surface area contributed by atoms with Crippen LogP contribution in [0.2, 0.25) is 5.02 Å². The van der Waals surface area contributed by atoms with Gasteiger partial charge in [0.25, 0.3) is 0 Å². The highest BCUT2D eigenvalue weighted by atomic mass is 35.5. The largest absolute Gasteiger partial charge is 0.488 e. The first-order chi connectivity index (χ1) is 17.2. The van der Waals surface area contributed by atoms with Gasteiger partial charge in [0.05, 0.1) is 16.3 Å². The van der Waals surface area contributed by atoms with Crippen LogP contribution in [0.25, 0.3) is 0 Å². The Bertz CT molecular complexity index is 1410. The molecule has 0 N–H and O–H groups in total. The summed E-state index contributed by atoms with van der Waals surface area (Å²) in [5.74, 6) is 0.859. The molecule has 7 nitrogen and oxygen atoms in total. The summed E-state index contributed by atoms with van der Waals surface area (Å²) in [6.45, 7) is 5.77. The zero-order chi connectivity index (χ0) is 27.4. The van der Waals surface area contributed by atoms with E-state index in [1.165, 1.54) is 6.20 Å². The molecular formula is C26H26Cl3N3O4S. The quantitative estimate of drug-likeness (QED) is 0.269. The molecule has 0 unspecified atom stereocenters. The summed E-state index contributed by atoms with van der Waals surface area (Å²) in [4.78, 5) is 8.25. The van der Waals surface area contributed by atoms with Crippen LogP contribution in [-0.2, 0) is 27.6 Å². The minimum atomic E-state index is -3.23. The fourth-order valence-corrected chi connectivity index (χ4v) is 4.49. The Hall–Kier alpha value is -2.57. The van der Waals surface area contributed by atoms with Crippen LogP contribution in [0.1, 0.15) is 49.0 Å². The lowest BCUT2D eigenvalue weighted by atomic mass is 9.77. The lowest BCUT2D eigenvalue weighted by molar-refractivity contribution is 0.300. The van der Waals surface area contributed by atoms with Crippen LogP contribution >= 0.6 is 34.8 Å². The highest BCUT2D eigenvalue weighted by Gasteiger charge is 2.27. The maximum atomic E-state index is 11.5. The van der Waals surface area contributed by atoms with Gasteiger partial charge < -0.3 is 9.47 Å². The van der Waals surface area contributed by atoms with Crippen molar-refractivity contribution in [1.29, 1.82) is 5.26 Å². The molecule has 0 aliphatic carbocycles. The van der Waals surface area contributed by atoms with Crippen molar-refractivity contribution in [2.75, 3.05) is 12.9 Å². The van der Waals surface area contributed by atoms with Crippen LogP contribution in [0.3, 0.4) is 0 Å². The van der Waals surface area contributed by atoms with Crippen molar-refractivity contribution in [2.45, 2.75) is 42.9 Å². The Kier molecular flexibility index (Phi) is 8.97. The third kappa shape index (κ3) is 8.21. The van der Waals surface area contributed by atoms with Gasteiger partial charge in [0.1, 0.15) is 40.9 Å². The normalized spacial score (nSPS) is 12.2. The van der Waals surface area contributed by atoms with E-state index in [2.05, 4.69) is 16.0 Å². The SMILES string of the molecule is CC(Cl)(Cl)COc1c(Cl)cc(C(C)(C)c2ccc(OCc3ccnc(CS(C)(=O)=O)n3)cc2)cc1C#N. The van der Waals surface area contributed by atoms with Gasteiger partial charge in [-0.15, -0.1) is 0 Å². The fraction of sp³-hybridized carbons (Fsp3) is 0.346. The Morgan fingerprint density at radius 1 is 1.03 bits per heavy atom. The highest BCUT2D eigenvalue weighted by molar-refractivity contribution is 7.89. The average molecular weight is 583 g/mol. The van der Waals surface area contributed by atoms with E-state index in [4.69, 9.17) is 44.3 Å². The summed E-state index contributed by atoms with van der Waals surface area (Å²) in [5, 5.41) is 9.98. The smallest absolute Gasteiger partial charge is 0.155 e. The predicted octanol–water partition coefficient (Wildman–Crippen LogP) is 6.02. The molecule has 0 amide bonds. The number of sulfone groups is 1. The van der Waals surface area contributed by atoms with E-state index in [1.807, 2.05) is 38.1 Å². The van der Waals surface area contributed by atoms with E-state index in [1.54, 1.807) is 25.1 Å². The van der Waals surface area contributed by atoms with Crippen LogP contribution < -0.4 is 9.47 Å². The first kappa shape index (κ1) is 29.0. The number of ether oxygens (including phenoxy) is 2. The Morgan fingerprint density at radius 3 is 2.30 bits per heavy atom. The molecule has 3 rings (SSSR count). The number of hydrogen-bond donors (Lipinski definition) is 0. The number of aromatic nitrogens is 2. The van der Waals surface area contributed by atoms with E-state index < -0.39 is 19.6 Å². The fourth-order valence-electron chi connectivity index (χ4n) is 3.50. The van der Waals surface area contributed by atoms with Crippen molar-refractivity contribution in [2.24, 2.45) is 0 Å². The standard InChI is InChI=1S/C26H26Cl3N3O4S/c1-25(2,19-11-17(13-30)24(22(27)12-19)36-16-26(3,28)29)18-5-7-21(8-6-18)35-14-20-9-10-31-23(32-20)15-37(4,33)34/h5-12H,14-16H2,1-4H3. The zero-order valence-corrected chi connectivity index (χ0v) is 23.8. The molecule has 11 heteroatoms. The second-order valence-corrected chi connectivity index (χ2v) is 13.7. The van der Waals surface area contributed by atoms with E-state index in [0.717, 1.165) is 17.4 Å². The zero-order valence-electron chi connectivity index (χ0n) is 20.8. The van der Waals surface area contributed by atoms with Gasteiger partial charge in [-0.2, -0.15) is 5.26 Å². The van der Waals surface area contributed by atoms with Crippen molar-refractivity contribution in [1.82, 2.24) is 9.97 Å². The summed E-state index contributed by atoms with van der Waals surface area (Å²) >= 11 is 18.5. The van der Waals surface area contributed by atoms with Gasteiger partial charge in [-0.25, -0.2) is 18.4 Å². The van der Waals surface area contributed by atoms with Crippen LogP contribution in [0.15, 0.2) is 48.7 Å². The molecule has 3 aromatic rings. The van der Waals surface area contributed by atoms with E-state index in [-0.39, 0.29) is 36.1 Å². The van der Waals surface area contributed by atoms with Crippen molar-refractivity contribution in [3.63, 3.8) is 0 Å². The first-order valence-electron chi connectivity index (χ1n) is 11.1. The van der Waals surface area contributed by atoms with Gasteiger partial charge in [-0.3, -0.25) is 0 Å². The van der Waals surface area contributed by atoms with Crippen LogP contribution in [-0.4, -0.2) is 35.6 Å². The van der Waals surface area contributed by atoms with Gasteiger partial charge in [-0.1, -0.05) is 60.8 Å². The number of rotatable bonds is 10. The third-order valence-corrected chi connectivity index (χ3v) is 6.75. The van der Waals surface area contributed by atoms with Gasteiger partial charge in [0.15, 0.2) is 15.6 Å². The molecule has 0 saturated carbocycles. The van der Waals surface area contributed by atoms with Gasteiger partial charge in [0.2, 0.25) is 0 Å². The van der Waals surface area contributed by atoms with Crippen LogP contribution in [0.5, 0.6) is 11.5 Å². The summed E-state index contributed by atoms with van der Waals surface area (Å²) < 4.78 is 33.3. The van der Waals surface area contributed by atoms with Crippen molar-refractivity contribution in [3.05, 3.63) is 81.9 Å². The van der Waals surface area contributed by atoms with Crippen molar-refractivity contribution < 1.29 is 17.9 Å². The number of benzene rings is 2. The Balaban J connectivity index is 1.76. The van der Waals surface area contributed by atoms with E-state index in [9.17, 15) is 13.7 Å². The van der Waals surface area contributed by atoms with Crippen LogP contribution in [0.4, 0.5) is 0 Å². The molecule has 0 atom stereocenters. The maximum Gasteiger partial charge on any atom is 0.155 e. The summed E-state index contributed by atoms with van der Waals surface area (Å²) in [5.41, 5.74) is 2.16. The molecule has 0 spiro atoms. The molecule has 1 heterocycles. The number of hydrogen-bond acceptors (Lipinski definition) is 7. The molecule has 0 saturated heterocycles. The van der Waals surface area contributed by atoms with Gasteiger partial charge >= 0.3 is 0 Å². The van der Waals surface area contributed by atoms with Crippen LogP contribution in [0, 0.1) is 11.3 Å². The lowest BCUT2D eigenvalue weighted by Gasteiger charge is -2.27. The first-order valence-corrected chi connectivity index (χ1v) is 14.3.